The predicted molar refractivity (Wildman–Crippen MR) is 549 cm³/mol. The van der Waals surface area contributed by atoms with Crippen LogP contribution in [0.5, 0.6) is 0 Å². The monoisotopic (exact) mass is 1800 g/mol. The number of amides is 4. The van der Waals surface area contributed by atoms with Crippen molar-refractivity contribution in [3.63, 3.8) is 0 Å². The fourth-order valence-corrected chi connectivity index (χ4v) is 13.1. The van der Waals surface area contributed by atoms with Gasteiger partial charge in [0.15, 0.2) is 0 Å². The van der Waals surface area contributed by atoms with Crippen LogP contribution in [-0.4, -0.2) is 109 Å². The lowest BCUT2D eigenvalue weighted by atomic mass is 9.78. The topological polar surface area (TPSA) is 270 Å². The third kappa shape index (κ3) is 53.5. The summed E-state index contributed by atoms with van der Waals surface area (Å²) in [5.41, 5.74) is 7.23. The molecule has 4 heterocycles. The zero-order valence-corrected chi connectivity index (χ0v) is 93.1. The number of nitrogens with zero attached hydrogens (tertiary/aromatic N) is 8. The van der Waals surface area contributed by atoms with E-state index in [2.05, 4.69) is 266 Å². The van der Waals surface area contributed by atoms with E-state index in [0.717, 1.165) is 35.1 Å². The van der Waals surface area contributed by atoms with Crippen LogP contribution in [0.1, 0.15) is 431 Å². The maximum Gasteiger partial charge on any atom is 0.253 e. The highest BCUT2D eigenvalue weighted by Gasteiger charge is 2.48. The number of anilines is 3. The van der Waals surface area contributed by atoms with Crippen LogP contribution in [0.4, 0.5) is 17.1 Å². The van der Waals surface area contributed by atoms with E-state index in [1.807, 2.05) is 219 Å². The first-order valence-electron chi connectivity index (χ1n) is 46.9. The number of rotatable bonds is 7. The molecule has 0 radical (unpaired) electrons. The van der Waals surface area contributed by atoms with E-state index in [-0.39, 0.29) is 130 Å². The van der Waals surface area contributed by atoms with Crippen molar-refractivity contribution in [3.8, 4) is 22.5 Å². The fourth-order valence-electron chi connectivity index (χ4n) is 13.1. The summed E-state index contributed by atoms with van der Waals surface area (Å²) in [6, 6.07) is 17.2. The largest absolute Gasteiger partial charge is 0.375 e. The number of aromatic nitrogens is 6. The number of Topliss-reactive ketones (excluding diaryl/α,β-unsaturated/α-hetero) is 3. The van der Waals surface area contributed by atoms with Gasteiger partial charge in [-0.3, -0.25) is 43.3 Å². The molecule has 1 saturated heterocycles. The number of hydrogen-bond acceptors (Lipinski definition) is 16. The molecule has 0 bridgehead atoms. The van der Waals surface area contributed by atoms with E-state index < -0.39 is 16.4 Å². The minimum absolute atomic E-state index is 0.0132. The van der Waals surface area contributed by atoms with Gasteiger partial charge in [0.25, 0.3) is 10.9 Å². The number of para-hydroxylation sites is 1. The van der Waals surface area contributed by atoms with Crippen molar-refractivity contribution in [2.24, 2.45) is 55.2 Å². The number of hydrogen-bond donors (Lipinski definition) is 4. The number of fused-ring (bicyclic) bond motifs is 5. The highest BCUT2D eigenvalue weighted by molar-refractivity contribution is 6.04. The summed E-state index contributed by atoms with van der Waals surface area (Å²) in [5, 5.41) is 29.5. The van der Waals surface area contributed by atoms with Crippen molar-refractivity contribution in [1.29, 1.82) is 0 Å². The van der Waals surface area contributed by atoms with Crippen molar-refractivity contribution in [2.75, 3.05) is 15.5 Å². The van der Waals surface area contributed by atoms with Crippen LogP contribution in [0.25, 0.3) is 22.5 Å². The Labute approximate surface area is 788 Å². The van der Waals surface area contributed by atoms with Crippen molar-refractivity contribution in [1.82, 2.24) is 45.5 Å². The van der Waals surface area contributed by atoms with Gasteiger partial charge in [-0.05, 0) is 230 Å². The van der Waals surface area contributed by atoms with Gasteiger partial charge in [0.2, 0.25) is 23.6 Å². The van der Waals surface area contributed by atoms with Gasteiger partial charge in [-0.25, -0.2) is 9.36 Å². The molecule has 0 saturated carbocycles. The molecule has 740 valence electrons. The third-order valence-corrected chi connectivity index (χ3v) is 17.9. The molecule has 4 amide bonds. The van der Waals surface area contributed by atoms with Crippen molar-refractivity contribution >= 4 is 58.0 Å². The molecule has 0 spiro atoms. The summed E-state index contributed by atoms with van der Waals surface area (Å²) in [7, 11) is 0. The number of nitrogens with one attached hydrogen (secondary N) is 4. The van der Waals surface area contributed by atoms with Crippen LogP contribution in [0.15, 0.2) is 64.3 Å². The van der Waals surface area contributed by atoms with E-state index in [9.17, 15) is 43.2 Å². The smallest absolute Gasteiger partial charge is 0.253 e. The second-order valence-electron chi connectivity index (χ2n) is 54.4. The summed E-state index contributed by atoms with van der Waals surface area (Å²) < 4.78 is 3.98. The third-order valence-electron chi connectivity index (χ3n) is 17.9. The van der Waals surface area contributed by atoms with Crippen molar-refractivity contribution in [3.05, 3.63) is 86.4 Å². The molecule has 2 aromatic heterocycles. The van der Waals surface area contributed by atoms with E-state index in [1.165, 1.54) is 28.1 Å². The molecule has 1 fully saturated rings. The first kappa shape index (κ1) is 125. The summed E-state index contributed by atoms with van der Waals surface area (Å²) in [6.07, 6.45) is 5.45. The Kier molecular flexibility index (Phi) is 46.0. The van der Waals surface area contributed by atoms with Crippen LogP contribution >= 0.6 is 0 Å². The van der Waals surface area contributed by atoms with Crippen LogP contribution in [0.3, 0.4) is 0 Å². The van der Waals surface area contributed by atoms with Gasteiger partial charge in [0.1, 0.15) is 34.4 Å². The fraction of sp³-hybridized carbons (Fsp3) is 0.750. The summed E-state index contributed by atoms with van der Waals surface area (Å²) >= 11 is 0. The van der Waals surface area contributed by atoms with Gasteiger partial charge in [-0.1, -0.05) is 261 Å². The summed E-state index contributed by atoms with van der Waals surface area (Å²) in [4.78, 5) is 107. The van der Waals surface area contributed by atoms with Crippen molar-refractivity contribution in [2.45, 2.75) is 476 Å². The lowest BCUT2D eigenvalue weighted by Crippen LogP contribution is -2.46. The van der Waals surface area contributed by atoms with Gasteiger partial charge in [-0.15, -0.1) is 10.2 Å². The second-order valence-corrected chi connectivity index (χ2v) is 54.4. The zero-order valence-electron chi connectivity index (χ0n) is 93.1. The Morgan fingerprint density at radius 1 is 0.426 bits per heavy atom. The number of carbonyl (C=O) groups is 7. The normalized spacial score (nSPS) is 14.3. The molecular weight excluding hydrogens is 1610 g/mol. The highest BCUT2D eigenvalue weighted by Crippen LogP contribution is 2.45. The Morgan fingerprint density at radius 2 is 0.791 bits per heavy atom. The molecule has 2 aliphatic rings. The number of ketones is 3. The van der Waals surface area contributed by atoms with Gasteiger partial charge in [0.05, 0.1) is 34.8 Å². The number of benzene rings is 2. The number of likely N-dealkylation sites (tertiary alicyclic amines) is 1. The first-order chi connectivity index (χ1) is 56.6. The average Bonchev–Trinajstić information content (AvgIpc) is 1.60. The maximum absolute atomic E-state index is 12.1. The highest BCUT2D eigenvalue weighted by atomic mass is 16.2. The molecule has 2 aliphatic heterocycles. The van der Waals surface area contributed by atoms with E-state index >= 15 is 0 Å². The molecule has 129 heavy (non-hydrogen) atoms. The molecular formula is C108H194N12O9. The Hall–Kier alpha value is -7.71. The van der Waals surface area contributed by atoms with E-state index in [1.54, 1.807) is 6.92 Å². The molecule has 7 rings (SSSR count). The van der Waals surface area contributed by atoms with Gasteiger partial charge < -0.3 is 31.0 Å². The molecule has 0 aliphatic carbocycles. The quantitative estimate of drug-likeness (QED) is 0.0670. The van der Waals surface area contributed by atoms with E-state index in [4.69, 9.17) is 0 Å². The van der Waals surface area contributed by atoms with Gasteiger partial charge in [0, 0.05) is 105 Å². The minimum atomic E-state index is -0.429. The summed E-state index contributed by atoms with van der Waals surface area (Å²) in [5.74, 6) is 1.23. The average molecular weight is 1800 g/mol. The SMILES string of the molecule is CC(=O)CC(C)(C)C.CC(C)(C)C1CC(=O)N(C(C)(C)C)C1=O.CC(C)(C)CC(=O)CC(=O)CC(C)(C)C.CC(C)(C)CC(C)(C)C.CC(C)(C)N1Cc2ccccc2-c2c(nnn2C(C)(C)C)-c2ccccc21.CC(C)(C)NC(=O)C(C)(C)C.CC(C)(C)NC(=O)C(C)(C)C.CC(C)(C)Nc1c(NC(C)(C)C)c(=O)c1=O.CC(C)(C)c1cn(C(C)(C)C)nn1.CC(C)C. The molecule has 5 aromatic rings. The minimum Gasteiger partial charge on any atom is -0.375 e. The molecule has 1 atom stereocenters. The lowest BCUT2D eigenvalue weighted by Gasteiger charge is -2.40. The van der Waals surface area contributed by atoms with Gasteiger partial charge >= 0.3 is 0 Å². The maximum atomic E-state index is 12.1. The van der Waals surface area contributed by atoms with Crippen molar-refractivity contribution < 1.29 is 33.6 Å². The zero-order chi connectivity index (χ0) is 103. The first-order valence-corrected chi connectivity index (χ1v) is 46.9. The van der Waals surface area contributed by atoms with Crippen LogP contribution in [0.2, 0.25) is 0 Å². The van der Waals surface area contributed by atoms with Crippen LogP contribution < -0.4 is 37.0 Å². The standard InChI is InChI=1S/C23H28N4.C13H24O2.C12H20N2O2.C12H21NO2.C10H19N3.2C9H19NO.C9H20.C7H14O.C4H10/c1-22(2,3)26-15-16-11-7-8-12-17(16)21-20(18-13-9-10-14-19(18)26)24-25-27(21)23(4,5)6;1-12(2,3)8-10(14)7-11(15)9-13(4,5)6;1-11(2,3)13-7-8(10(16)9(7)15)14-12(4,5)6;1-11(2,3)8-7-9(14)13(10(8)15)12(4,5)6;1-9(2,3)8-7-13(12-11-8)10(4,5)6;2*1-8(2,3)7(11)10-9(4,5)6;1-8(2,3)7-9(4,5)6;1-6(8)5-7(2,3)4;1-4(2)3/h7-14H,15H2,1-6H3;7-9H2,1-6H3;13-14H,1-6H3;8H,7H2,1-6H3;7H,1-6H3;2*1-6H3,(H,10,11);7H2,1-6H3;5H2,1-4H3;4H,1-3H3. The van der Waals surface area contributed by atoms with E-state index in [0.29, 0.717) is 47.9 Å². The molecule has 4 N–H and O–H groups in total. The predicted octanol–water partition coefficient (Wildman–Crippen LogP) is 26.1. The van der Waals surface area contributed by atoms with Gasteiger partial charge in [-0.2, -0.15) is 0 Å². The Morgan fingerprint density at radius 3 is 1.03 bits per heavy atom. The molecule has 21 nitrogen and oxygen atoms in total. The molecule has 3 aromatic carbocycles. The number of carbonyl (C=O) groups excluding carboxylic acids is 7. The number of imide groups is 1. The molecule has 1 unspecified atom stereocenters. The Balaban J connectivity index is -0.00000141. The Bertz CT molecular complexity index is 4260. The van der Waals surface area contributed by atoms with Crippen LogP contribution in [-0.2, 0) is 56.6 Å². The lowest BCUT2D eigenvalue weighted by molar-refractivity contribution is -0.146. The second kappa shape index (κ2) is 47.3. The summed E-state index contributed by atoms with van der Waals surface area (Å²) in [6.45, 7) is 114. The van der Waals surface area contributed by atoms with Crippen LogP contribution in [0, 0.1) is 55.2 Å². The molecule has 21 heteroatoms.